The second-order valence-electron chi connectivity index (χ2n) is 5.50. The maximum absolute atomic E-state index is 4.00. The van der Waals surface area contributed by atoms with E-state index in [4.69, 9.17) is 0 Å². The lowest BCUT2D eigenvalue weighted by Gasteiger charge is -1.83. The fraction of sp³-hybridized carbons (Fsp3) is 0. The van der Waals surface area contributed by atoms with Gasteiger partial charge in [0.2, 0.25) is 0 Å². The first-order chi connectivity index (χ1) is 13.4. The molecule has 1 aromatic carbocycles. The number of H-pyrrole nitrogens is 3. The fourth-order valence-corrected chi connectivity index (χ4v) is 2.46. The van der Waals surface area contributed by atoms with E-state index in [0.717, 1.165) is 16.7 Å². The Morgan fingerprint density at radius 2 is 1.41 bits per heavy atom. The molecule has 0 spiro atoms. The third-order valence-corrected chi connectivity index (χ3v) is 3.75. The third-order valence-electron chi connectivity index (χ3n) is 3.75. The van der Waals surface area contributed by atoms with Crippen molar-refractivity contribution in [3.05, 3.63) is 80.0 Å². The average Bonchev–Trinajstić information content (AvgIpc) is 3.48. The van der Waals surface area contributed by atoms with Gasteiger partial charge in [0.05, 0.1) is 24.4 Å². The van der Waals surface area contributed by atoms with Crippen LogP contribution in [0.4, 0.5) is 0 Å². The van der Waals surface area contributed by atoms with Crippen molar-refractivity contribution < 1.29 is 0 Å². The minimum absolute atomic E-state index is 0.713. The Bertz CT molecular complexity index is 1000. The highest BCUT2D eigenvalue weighted by Crippen LogP contribution is 2.09. The summed E-state index contributed by atoms with van der Waals surface area (Å²) in [6.45, 7) is 0. The molecule has 0 unspecified atom stereocenters. The maximum atomic E-state index is 4.00. The number of pyridine rings is 1. The molecule has 8 heteroatoms. The molecular formula is C19H16N8. The van der Waals surface area contributed by atoms with Gasteiger partial charge in [0, 0.05) is 17.9 Å². The quantitative estimate of drug-likeness (QED) is 0.386. The average molecular weight is 356 g/mol. The first-order valence-corrected chi connectivity index (χ1v) is 8.25. The number of imidazole rings is 2. The number of nitrogens with one attached hydrogen (secondary N) is 3. The van der Waals surface area contributed by atoms with E-state index in [9.17, 15) is 0 Å². The van der Waals surface area contributed by atoms with Crippen LogP contribution in [0.3, 0.4) is 0 Å². The number of hydrogen-bond donors (Lipinski definition) is 3. The Morgan fingerprint density at radius 1 is 0.630 bits per heavy atom. The van der Waals surface area contributed by atoms with Crippen LogP contribution in [0.25, 0.3) is 33.2 Å². The number of nitrogens with zero attached hydrogens (tertiary/aromatic N) is 5. The summed E-state index contributed by atoms with van der Waals surface area (Å²) in [5.41, 5.74) is 4.55. The monoisotopic (exact) mass is 356 g/mol. The Labute approximate surface area is 153 Å². The van der Waals surface area contributed by atoms with E-state index in [1.807, 2.05) is 30.5 Å². The number of benzene rings is 1. The number of aromatic nitrogens is 8. The highest BCUT2D eigenvalue weighted by Gasteiger charge is 1.91. The van der Waals surface area contributed by atoms with Crippen LogP contribution in [0.5, 0.6) is 0 Å². The topological polar surface area (TPSA) is 112 Å². The number of rotatable bonds is 0. The van der Waals surface area contributed by atoms with Crippen molar-refractivity contribution in [2.45, 2.75) is 0 Å². The zero-order chi connectivity index (χ0) is 18.3. The fourth-order valence-electron chi connectivity index (χ4n) is 2.46. The number of para-hydroxylation sites is 1. The molecule has 6 aromatic rings. The van der Waals surface area contributed by atoms with Gasteiger partial charge < -0.3 is 15.0 Å². The molecule has 0 amide bonds. The molecule has 3 N–H and O–H groups in total. The standard InChI is InChI=1S/C8H7N.C6H5N3.C5H4N4/c1-2-4-8-7(3-1)5-6-9-8;1-2-5-6(7-3-1)9-4-8-5;1-4-5(8-2-6-1)9-3-7-4/h1-6,9H;1-4H,(H,7,8,9);1-3H,(H,6,7,8,9). The maximum Gasteiger partial charge on any atom is 0.180 e. The molecule has 0 aliphatic heterocycles. The predicted molar refractivity (Wildman–Crippen MR) is 104 cm³/mol. The van der Waals surface area contributed by atoms with Gasteiger partial charge in [-0.2, -0.15) is 0 Å². The highest BCUT2D eigenvalue weighted by molar-refractivity contribution is 5.78. The van der Waals surface area contributed by atoms with E-state index in [0.29, 0.717) is 5.65 Å². The molecule has 0 atom stereocenters. The molecular weight excluding hydrogens is 340 g/mol. The van der Waals surface area contributed by atoms with E-state index >= 15 is 0 Å². The molecule has 5 aromatic heterocycles. The van der Waals surface area contributed by atoms with E-state index in [1.54, 1.807) is 25.0 Å². The van der Waals surface area contributed by atoms with E-state index in [-0.39, 0.29) is 0 Å². The van der Waals surface area contributed by atoms with Crippen LogP contribution in [0.2, 0.25) is 0 Å². The zero-order valence-corrected chi connectivity index (χ0v) is 14.2. The summed E-state index contributed by atoms with van der Waals surface area (Å²) in [6, 6.07) is 14.1. The minimum Gasteiger partial charge on any atom is -0.361 e. The van der Waals surface area contributed by atoms with Crippen molar-refractivity contribution in [2.24, 2.45) is 0 Å². The van der Waals surface area contributed by atoms with Gasteiger partial charge >= 0.3 is 0 Å². The van der Waals surface area contributed by atoms with Crippen LogP contribution in [-0.2, 0) is 0 Å². The second-order valence-corrected chi connectivity index (χ2v) is 5.50. The lowest BCUT2D eigenvalue weighted by Crippen LogP contribution is -1.76. The van der Waals surface area contributed by atoms with Crippen molar-refractivity contribution in [3.8, 4) is 0 Å². The molecule has 6 rings (SSSR count). The molecule has 0 saturated carbocycles. The first kappa shape index (κ1) is 16.4. The Hall–Kier alpha value is -4.07. The number of fused-ring (bicyclic) bond motifs is 3. The minimum atomic E-state index is 0.713. The molecule has 0 aliphatic carbocycles. The molecule has 0 bridgehead atoms. The number of hydrogen-bond acceptors (Lipinski definition) is 5. The summed E-state index contributed by atoms with van der Waals surface area (Å²) < 4.78 is 0. The van der Waals surface area contributed by atoms with E-state index in [1.165, 1.54) is 17.2 Å². The molecule has 0 fully saturated rings. The van der Waals surface area contributed by atoms with Gasteiger partial charge in [-0.3, -0.25) is 0 Å². The van der Waals surface area contributed by atoms with Gasteiger partial charge in [-0.25, -0.2) is 24.9 Å². The van der Waals surface area contributed by atoms with Gasteiger partial charge in [0.15, 0.2) is 11.3 Å². The van der Waals surface area contributed by atoms with Crippen LogP contribution in [-0.4, -0.2) is 39.9 Å². The third kappa shape index (κ3) is 3.96. The first-order valence-electron chi connectivity index (χ1n) is 8.25. The largest absolute Gasteiger partial charge is 0.361 e. The number of aromatic amines is 3. The Kier molecular flexibility index (Phi) is 4.78. The van der Waals surface area contributed by atoms with Crippen molar-refractivity contribution in [3.63, 3.8) is 0 Å². The lowest BCUT2D eigenvalue weighted by atomic mass is 10.3. The van der Waals surface area contributed by atoms with E-state index in [2.05, 4.69) is 58.1 Å². The molecule has 0 saturated heterocycles. The Morgan fingerprint density at radius 3 is 2.22 bits per heavy atom. The Balaban J connectivity index is 0.0000001000. The SMILES string of the molecule is c1ccc2[nH]ccc2c1.c1cnc2nc[nH]c2c1.c1ncc2[nH]cnc2n1. The van der Waals surface area contributed by atoms with Gasteiger partial charge in [-0.1, -0.05) is 18.2 Å². The van der Waals surface area contributed by atoms with Gasteiger partial charge in [0.25, 0.3) is 0 Å². The van der Waals surface area contributed by atoms with Crippen LogP contribution in [0.1, 0.15) is 0 Å². The van der Waals surface area contributed by atoms with Gasteiger partial charge in [0.1, 0.15) is 11.8 Å². The molecule has 5 heterocycles. The van der Waals surface area contributed by atoms with Crippen LogP contribution >= 0.6 is 0 Å². The highest BCUT2D eigenvalue weighted by atomic mass is 15.0. The summed E-state index contributed by atoms with van der Waals surface area (Å²) in [5, 5.41) is 1.28. The molecule has 0 radical (unpaired) electrons. The summed E-state index contributed by atoms with van der Waals surface area (Å²) in [6.07, 6.45) is 10.1. The van der Waals surface area contributed by atoms with Crippen molar-refractivity contribution in [1.29, 1.82) is 0 Å². The van der Waals surface area contributed by atoms with Crippen molar-refractivity contribution in [2.75, 3.05) is 0 Å². The zero-order valence-electron chi connectivity index (χ0n) is 14.2. The smallest absolute Gasteiger partial charge is 0.180 e. The lowest BCUT2D eigenvalue weighted by molar-refractivity contribution is 1.20. The summed E-state index contributed by atoms with van der Waals surface area (Å²) in [5.74, 6) is 0. The normalized spacial score (nSPS) is 10.2. The van der Waals surface area contributed by atoms with Crippen molar-refractivity contribution in [1.82, 2.24) is 39.9 Å². The van der Waals surface area contributed by atoms with Crippen LogP contribution in [0.15, 0.2) is 80.0 Å². The van der Waals surface area contributed by atoms with Gasteiger partial charge in [-0.15, -0.1) is 0 Å². The molecule has 27 heavy (non-hydrogen) atoms. The molecule has 0 aliphatic rings. The van der Waals surface area contributed by atoms with Crippen LogP contribution in [0, 0.1) is 0 Å². The van der Waals surface area contributed by atoms with Crippen LogP contribution < -0.4 is 0 Å². The predicted octanol–water partition coefficient (Wildman–Crippen LogP) is 3.48. The van der Waals surface area contributed by atoms with Gasteiger partial charge in [-0.05, 0) is 29.7 Å². The molecule has 8 nitrogen and oxygen atoms in total. The second kappa shape index (κ2) is 7.87. The summed E-state index contributed by atoms with van der Waals surface area (Å²) in [4.78, 5) is 28.5. The summed E-state index contributed by atoms with van der Waals surface area (Å²) in [7, 11) is 0. The van der Waals surface area contributed by atoms with Crippen molar-refractivity contribution >= 4 is 33.2 Å². The molecule has 132 valence electrons. The van der Waals surface area contributed by atoms with E-state index < -0.39 is 0 Å². The summed E-state index contributed by atoms with van der Waals surface area (Å²) >= 11 is 0.